The molecule has 4 rings (SSSR count). The third-order valence-corrected chi connectivity index (χ3v) is 6.59. The summed E-state index contributed by atoms with van der Waals surface area (Å²) in [7, 11) is 1.60. The van der Waals surface area contributed by atoms with Gasteiger partial charge < -0.3 is 20.3 Å². The number of hydrogen-bond acceptors (Lipinski definition) is 4. The minimum Gasteiger partial charge on any atom is -0.497 e. The highest BCUT2D eigenvalue weighted by molar-refractivity contribution is 5.92. The number of rotatable bonds is 9. The highest BCUT2D eigenvalue weighted by Crippen LogP contribution is 2.35. The molecule has 1 aliphatic carbocycles. The Hall–Kier alpha value is -3.75. The van der Waals surface area contributed by atoms with E-state index in [2.05, 4.69) is 10.6 Å². The van der Waals surface area contributed by atoms with Crippen LogP contribution in [-0.2, 0) is 20.8 Å². The molecular weight excluding hydrogens is 480 g/mol. The zero-order valence-electron chi connectivity index (χ0n) is 20.9. The lowest BCUT2D eigenvalue weighted by atomic mass is 10.0. The van der Waals surface area contributed by atoms with Gasteiger partial charge in [-0.05, 0) is 67.5 Å². The van der Waals surface area contributed by atoms with Crippen molar-refractivity contribution in [2.24, 2.45) is 5.92 Å². The number of nitrogens with one attached hydrogen (secondary N) is 2. The van der Waals surface area contributed by atoms with E-state index in [0.29, 0.717) is 18.9 Å². The van der Waals surface area contributed by atoms with Crippen molar-refractivity contribution in [3.05, 3.63) is 77.4 Å². The normalized spacial score (nSPS) is 20.2. The number of halogens is 2. The van der Waals surface area contributed by atoms with Gasteiger partial charge in [0.15, 0.2) is 0 Å². The quantitative estimate of drug-likeness (QED) is 0.505. The molecular formula is C28H31F2N3O4. The van der Waals surface area contributed by atoms with Crippen molar-refractivity contribution < 1.29 is 27.9 Å². The second-order valence-electron chi connectivity index (χ2n) is 9.62. The number of ether oxygens (including phenoxy) is 1. The number of hydrogen-bond donors (Lipinski definition) is 2. The minimum absolute atomic E-state index is 0.159. The van der Waals surface area contributed by atoms with Crippen molar-refractivity contribution in [3.63, 3.8) is 0 Å². The third kappa shape index (κ3) is 6.93. The van der Waals surface area contributed by atoms with Crippen LogP contribution in [0.2, 0.25) is 0 Å². The minimum atomic E-state index is -0.944. The van der Waals surface area contributed by atoms with Crippen LogP contribution in [0.3, 0.4) is 0 Å². The maximum Gasteiger partial charge on any atom is 0.246 e. The average molecular weight is 512 g/mol. The van der Waals surface area contributed by atoms with Crippen molar-refractivity contribution in [2.75, 3.05) is 13.7 Å². The molecule has 0 radical (unpaired) electrons. The molecule has 3 atom stereocenters. The molecule has 1 fully saturated rings. The maximum absolute atomic E-state index is 13.6. The number of amides is 3. The predicted molar refractivity (Wildman–Crippen MR) is 134 cm³/mol. The summed E-state index contributed by atoms with van der Waals surface area (Å²) in [6.45, 7) is 2.10. The van der Waals surface area contributed by atoms with Crippen LogP contribution in [0.15, 0.2) is 54.6 Å². The maximum atomic E-state index is 13.6. The van der Waals surface area contributed by atoms with Crippen LogP contribution in [0.25, 0.3) is 0 Å². The van der Waals surface area contributed by atoms with Gasteiger partial charge in [0.05, 0.1) is 19.6 Å². The van der Waals surface area contributed by atoms with Gasteiger partial charge in [-0.15, -0.1) is 0 Å². The van der Waals surface area contributed by atoms with Crippen molar-refractivity contribution in [1.82, 2.24) is 15.5 Å². The van der Waals surface area contributed by atoms with Gasteiger partial charge in [-0.3, -0.25) is 14.4 Å². The molecule has 0 bridgehead atoms. The second kappa shape index (κ2) is 11.5. The van der Waals surface area contributed by atoms with Gasteiger partial charge in [-0.2, -0.15) is 0 Å². The van der Waals surface area contributed by atoms with Crippen LogP contribution in [-0.4, -0.2) is 48.4 Å². The fraction of sp³-hybridized carbons (Fsp3) is 0.393. The van der Waals surface area contributed by atoms with E-state index < -0.39 is 35.5 Å². The molecule has 196 valence electrons. The average Bonchev–Trinajstić information content (AvgIpc) is 3.69. The fourth-order valence-corrected chi connectivity index (χ4v) is 4.43. The molecule has 0 spiro atoms. The highest BCUT2D eigenvalue weighted by Gasteiger charge is 2.36. The number of benzene rings is 2. The SMILES string of the molecule is COc1ccc([C@@H]2C=CC[C@H](NC(=O)[C@H](C)NC(=O)Cc3cc(F)cc(F)c3)C(=O)N2CC2CC2)cc1. The van der Waals surface area contributed by atoms with Gasteiger partial charge in [0.1, 0.15) is 29.5 Å². The molecule has 0 unspecified atom stereocenters. The van der Waals surface area contributed by atoms with Crippen molar-refractivity contribution in [2.45, 2.75) is 50.7 Å². The van der Waals surface area contributed by atoms with E-state index in [-0.39, 0.29) is 23.9 Å². The van der Waals surface area contributed by atoms with Gasteiger partial charge in [0.25, 0.3) is 0 Å². The van der Waals surface area contributed by atoms with E-state index in [0.717, 1.165) is 42.4 Å². The first-order chi connectivity index (χ1) is 17.7. The first kappa shape index (κ1) is 26.3. The van der Waals surface area contributed by atoms with E-state index in [4.69, 9.17) is 4.74 Å². The molecule has 37 heavy (non-hydrogen) atoms. The van der Waals surface area contributed by atoms with Crippen molar-refractivity contribution >= 4 is 17.7 Å². The lowest BCUT2D eigenvalue weighted by Crippen LogP contribution is -2.53. The summed E-state index contributed by atoms with van der Waals surface area (Å²) in [5, 5.41) is 5.31. The number of nitrogens with zero attached hydrogens (tertiary/aromatic N) is 1. The van der Waals surface area contributed by atoms with Gasteiger partial charge in [-0.1, -0.05) is 24.3 Å². The molecule has 9 heteroatoms. The van der Waals surface area contributed by atoms with Crippen LogP contribution in [0.4, 0.5) is 8.78 Å². The van der Waals surface area contributed by atoms with E-state index in [1.165, 1.54) is 6.92 Å². The standard InChI is InChI=1S/C28H31F2N3O4/c1-17(31-26(34)14-19-12-21(29)15-22(30)13-19)27(35)32-24-4-3-5-25(20-8-10-23(37-2)11-9-20)33(28(24)36)16-18-6-7-18/h3,5,8-13,15,17-18,24-25H,4,6-7,14,16H2,1-2H3,(H,31,34)(H,32,35)/t17-,24-,25-/m0/s1. The van der Waals surface area contributed by atoms with Gasteiger partial charge >= 0.3 is 0 Å². The number of carbonyl (C=O) groups is 3. The molecule has 2 aromatic rings. The molecule has 2 aliphatic rings. The zero-order chi connectivity index (χ0) is 26.5. The monoisotopic (exact) mass is 511 g/mol. The van der Waals surface area contributed by atoms with E-state index in [9.17, 15) is 23.2 Å². The molecule has 1 saturated carbocycles. The Morgan fingerprint density at radius 2 is 1.78 bits per heavy atom. The van der Waals surface area contributed by atoms with Crippen molar-refractivity contribution in [3.8, 4) is 5.75 Å². The van der Waals surface area contributed by atoms with Crippen molar-refractivity contribution in [1.29, 1.82) is 0 Å². The molecule has 7 nitrogen and oxygen atoms in total. The molecule has 2 N–H and O–H groups in total. The molecule has 0 saturated heterocycles. The molecule has 1 heterocycles. The highest BCUT2D eigenvalue weighted by atomic mass is 19.1. The Morgan fingerprint density at radius 3 is 2.41 bits per heavy atom. The lowest BCUT2D eigenvalue weighted by molar-refractivity contribution is -0.138. The summed E-state index contributed by atoms with van der Waals surface area (Å²) in [5.74, 6) is -1.65. The van der Waals surface area contributed by atoms with Crippen LogP contribution >= 0.6 is 0 Å². The summed E-state index contributed by atoms with van der Waals surface area (Å²) in [4.78, 5) is 40.6. The summed E-state index contributed by atoms with van der Waals surface area (Å²) in [5.41, 5.74) is 1.11. The molecule has 1 aliphatic heterocycles. The Morgan fingerprint density at radius 1 is 1.11 bits per heavy atom. The zero-order valence-corrected chi connectivity index (χ0v) is 20.9. The Labute approximate surface area is 214 Å². The Kier molecular flexibility index (Phi) is 8.21. The predicted octanol–water partition coefficient (Wildman–Crippen LogP) is 3.45. The van der Waals surface area contributed by atoms with Crippen LogP contribution in [0.5, 0.6) is 5.75 Å². The second-order valence-corrected chi connectivity index (χ2v) is 9.62. The van der Waals surface area contributed by atoms with E-state index in [1.54, 1.807) is 7.11 Å². The smallest absolute Gasteiger partial charge is 0.246 e. The van der Waals surface area contributed by atoms with Gasteiger partial charge in [0, 0.05) is 12.6 Å². The first-order valence-corrected chi connectivity index (χ1v) is 12.4. The topological polar surface area (TPSA) is 87.7 Å². The van der Waals surface area contributed by atoms with Gasteiger partial charge in [-0.25, -0.2) is 8.78 Å². The first-order valence-electron chi connectivity index (χ1n) is 12.4. The Bertz CT molecular complexity index is 1160. The third-order valence-electron chi connectivity index (χ3n) is 6.59. The molecule has 3 amide bonds. The summed E-state index contributed by atoms with van der Waals surface area (Å²) < 4.78 is 32.1. The van der Waals surface area contributed by atoms with E-state index >= 15 is 0 Å². The largest absolute Gasteiger partial charge is 0.497 e. The molecule has 2 aromatic carbocycles. The molecule has 0 aromatic heterocycles. The summed E-state index contributed by atoms with van der Waals surface area (Å²) in [6, 6.07) is 8.46. The van der Waals surface area contributed by atoms with Crippen LogP contribution < -0.4 is 15.4 Å². The van der Waals surface area contributed by atoms with Gasteiger partial charge in [0.2, 0.25) is 17.7 Å². The lowest BCUT2D eigenvalue weighted by Gasteiger charge is -2.32. The van der Waals surface area contributed by atoms with Crippen LogP contribution in [0.1, 0.15) is 43.4 Å². The van der Waals surface area contributed by atoms with E-state index in [1.807, 2.05) is 41.3 Å². The van der Waals surface area contributed by atoms with Crippen LogP contribution in [0, 0.1) is 17.6 Å². The summed E-state index contributed by atoms with van der Waals surface area (Å²) in [6.07, 6.45) is 6.05. The Balaban J connectivity index is 1.40. The number of methoxy groups -OCH3 is 1. The fourth-order valence-electron chi connectivity index (χ4n) is 4.43. The number of carbonyl (C=O) groups excluding carboxylic acids is 3. The summed E-state index contributed by atoms with van der Waals surface area (Å²) >= 11 is 0.